The van der Waals surface area contributed by atoms with Gasteiger partial charge in [-0.3, -0.25) is 5.32 Å². The second kappa shape index (κ2) is 24.6. The highest BCUT2D eigenvalue weighted by Crippen LogP contribution is 2.62. The molecule has 1 saturated heterocycles. The molecule has 4 aliphatic rings. The number of rotatable bonds is 23. The Bertz CT molecular complexity index is 2200. The molecular weight excluding hydrogens is 875 g/mol. The highest BCUT2D eigenvalue weighted by molar-refractivity contribution is 6.03. The van der Waals surface area contributed by atoms with E-state index in [9.17, 15) is 19.8 Å². The van der Waals surface area contributed by atoms with Crippen LogP contribution in [0.2, 0.25) is 0 Å². The Balaban J connectivity index is 1.29. The largest absolute Gasteiger partial charge is 0.497 e. The van der Waals surface area contributed by atoms with Crippen molar-refractivity contribution in [2.75, 3.05) is 66.2 Å². The number of methoxy groups -OCH3 is 2. The Morgan fingerprint density at radius 3 is 2.49 bits per heavy atom. The molecule has 16 heteroatoms. The van der Waals surface area contributed by atoms with Gasteiger partial charge >= 0.3 is 12.2 Å². The maximum Gasteiger partial charge on any atom is 0.417 e. The molecule has 3 aromatic rings. The first-order valence-electron chi connectivity index (χ1n) is 23.8. The molecule has 2 fully saturated rings. The number of fused-ring (bicyclic) bond motifs is 2. The number of hydrogen-bond acceptors (Lipinski definition) is 14. The van der Waals surface area contributed by atoms with Crippen LogP contribution in [-0.2, 0) is 30.4 Å². The molecule has 0 bridgehead atoms. The zero-order chi connectivity index (χ0) is 47.9. The third-order valence-corrected chi connectivity index (χ3v) is 13.2. The van der Waals surface area contributed by atoms with E-state index in [1.165, 1.54) is 12.0 Å². The summed E-state index contributed by atoms with van der Waals surface area (Å²) in [7, 11) is 4.72. The molecule has 368 valence electrons. The second-order valence-corrected chi connectivity index (χ2v) is 17.5. The van der Waals surface area contributed by atoms with Gasteiger partial charge in [0.1, 0.15) is 35.6 Å². The minimum atomic E-state index is -1.51. The Kier molecular flexibility index (Phi) is 18.2. The minimum absolute atomic E-state index is 0.0112. The Morgan fingerprint density at radius 2 is 1.75 bits per heavy atom. The summed E-state index contributed by atoms with van der Waals surface area (Å²) in [4.78, 5) is 35.6. The monoisotopic (exact) mass is 941 g/mol. The molecule has 1 unspecified atom stereocenters. The number of aliphatic hydroxyl groups is 2. The number of ether oxygens (including phenoxy) is 8. The number of oxime groups is 1. The Labute approximate surface area is 399 Å². The van der Waals surface area contributed by atoms with Gasteiger partial charge in [-0.25, -0.2) is 9.59 Å². The van der Waals surface area contributed by atoms with Crippen molar-refractivity contribution in [2.45, 2.75) is 94.9 Å². The molecular formula is C52H67N3O13. The van der Waals surface area contributed by atoms with Crippen LogP contribution in [0, 0.1) is 17.8 Å². The van der Waals surface area contributed by atoms with Crippen molar-refractivity contribution >= 4 is 23.6 Å². The van der Waals surface area contributed by atoms with Gasteiger partial charge in [-0.15, -0.1) is 6.58 Å². The molecule has 3 aromatic carbocycles. The number of carbonyl (C=O) groups is 2. The van der Waals surface area contributed by atoms with Crippen LogP contribution < -0.4 is 24.3 Å². The summed E-state index contributed by atoms with van der Waals surface area (Å²) in [5.41, 5.74) is 3.66. The summed E-state index contributed by atoms with van der Waals surface area (Å²) in [6.45, 7) is 5.33. The van der Waals surface area contributed by atoms with E-state index < -0.39 is 36.2 Å². The van der Waals surface area contributed by atoms with Crippen LogP contribution in [0.15, 0.2) is 96.2 Å². The van der Waals surface area contributed by atoms with Crippen molar-refractivity contribution in [1.29, 1.82) is 0 Å². The normalized spacial score (nSPS) is 24.3. The summed E-state index contributed by atoms with van der Waals surface area (Å²) >= 11 is 0. The number of benzene rings is 3. The number of unbranched alkanes of at least 4 members (excludes halogenated alkanes) is 2. The highest BCUT2D eigenvalue weighted by atomic mass is 16.8. The van der Waals surface area contributed by atoms with E-state index in [0.29, 0.717) is 61.1 Å². The van der Waals surface area contributed by atoms with E-state index in [1.807, 2.05) is 36.4 Å². The van der Waals surface area contributed by atoms with Gasteiger partial charge in [0.2, 0.25) is 12.1 Å². The van der Waals surface area contributed by atoms with Gasteiger partial charge in [-0.2, -0.15) is 0 Å². The minimum Gasteiger partial charge on any atom is -0.497 e. The van der Waals surface area contributed by atoms with Crippen molar-refractivity contribution in [2.24, 2.45) is 22.9 Å². The van der Waals surface area contributed by atoms with Gasteiger partial charge < -0.3 is 57.8 Å². The van der Waals surface area contributed by atoms with Gasteiger partial charge in [0.25, 0.3) is 0 Å². The number of nitrogens with zero attached hydrogens (tertiary/aromatic N) is 2. The fraction of sp³-hybridized carbons (Fsp3) is 0.519. The lowest BCUT2D eigenvalue weighted by molar-refractivity contribution is -0.254. The fourth-order valence-corrected chi connectivity index (χ4v) is 10.0. The van der Waals surface area contributed by atoms with Gasteiger partial charge in [0.15, 0.2) is 0 Å². The first-order chi connectivity index (χ1) is 33.2. The molecule has 0 aromatic heterocycles. The number of allylic oxidation sites excluding steroid dienone is 1. The molecule has 0 spiro atoms. The lowest BCUT2D eigenvalue weighted by Crippen LogP contribution is -2.69. The zero-order valence-corrected chi connectivity index (χ0v) is 39.5. The maximum absolute atomic E-state index is 14.3. The summed E-state index contributed by atoms with van der Waals surface area (Å²) < 4.78 is 48.7. The first kappa shape index (κ1) is 50.2. The third kappa shape index (κ3) is 12.0. The standard InChI is InChI=1S/C52H67N3O13/c1-5-26-65-52-46(55(2)51(59)64-29-28-62-34-35-15-7-6-8-16-35)33-43(54-68-47-19-11-14-27-63-47)40-30-36(17-9-12-24-56)39(18-10-13-25-57)48(49(40)52)41-31-38(21-23-44(41)67-52)66-50(58)53-42-22-20-37(60-3)32-45(42)61-4/h5-8,15-16,20-23,30-32,36,39,46-49,56-57H,1,9-14,17-19,24-29,33-34H2,2-4H3,(H,53,58)/t36-,39+,46-,47?,48+,49+,52+/m0/s1. The Morgan fingerprint density at radius 1 is 0.956 bits per heavy atom. The van der Waals surface area contributed by atoms with Gasteiger partial charge in [0.05, 0.1) is 58.0 Å². The average molecular weight is 942 g/mol. The Hall–Kier alpha value is -5.65. The molecule has 1 saturated carbocycles. The fourth-order valence-electron chi connectivity index (χ4n) is 10.0. The quantitative estimate of drug-likeness (QED) is 0.0466. The molecule has 68 heavy (non-hydrogen) atoms. The van der Waals surface area contributed by atoms with Crippen LogP contribution in [-0.4, -0.2) is 112 Å². The van der Waals surface area contributed by atoms with Crippen molar-refractivity contribution < 1.29 is 62.5 Å². The smallest absolute Gasteiger partial charge is 0.417 e. The topological polar surface area (TPSA) is 185 Å². The summed E-state index contributed by atoms with van der Waals surface area (Å²) in [5.74, 6) is -0.803. The van der Waals surface area contributed by atoms with E-state index in [-0.39, 0.29) is 63.0 Å². The van der Waals surface area contributed by atoms with Crippen LogP contribution in [0.3, 0.4) is 0 Å². The molecule has 2 amide bonds. The highest BCUT2D eigenvalue weighted by Gasteiger charge is 2.65. The number of likely N-dealkylation sites (N-methyl/N-ethyl adjacent to an activating group) is 1. The van der Waals surface area contributed by atoms with E-state index in [0.717, 1.165) is 55.2 Å². The summed E-state index contributed by atoms with van der Waals surface area (Å²) in [6, 6.07) is 19.3. The van der Waals surface area contributed by atoms with Crippen LogP contribution in [0.1, 0.15) is 81.3 Å². The van der Waals surface area contributed by atoms with Crippen LogP contribution >= 0.6 is 0 Å². The van der Waals surface area contributed by atoms with Crippen molar-refractivity contribution in [3.8, 4) is 23.0 Å². The third-order valence-electron chi connectivity index (χ3n) is 13.2. The van der Waals surface area contributed by atoms with Crippen molar-refractivity contribution in [3.05, 3.63) is 102 Å². The van der Waals surface area contributed by atoms with E-state index in [1.54, 1.807) is 50.6 Å². The molecule has 2 aliphatic carbocycles. The number of hydrogen-bond donors (Lipinski definition) is 3. The number of anilines is 1. The van der Waals surface area contributed by atoms with Gasteiger partial charge in [-0.1, -0.05) is 60.5 Å². The molecule has 3 N–H and O–H groups in total. The SMILES string of the molecule is C=CCO[C@@]12Oc3ccc(OC(=O)Nc4ccc(OC)cc4OC)cc3[C@H]3[C@H](CCCCO)[C@@H](CCCCO)C=C(C(=NOC4CCCCO4)C[C@@H]1N(C)C(=O)OCCOCc1ccccc1)[C@H]32. The van der Waals surface area contributed by atoms with Gasteiger partial charge in [0, 0.05) is 50.7 Å². The van der Waals surface area contributed by atoms with Crippen LogP contribution in [0.5, 0.6) is 23.0 Å². The average Bonchev–Trinajstić information content (AvgIpc) is 3.36. The number of carbonyl (C=O) groups excluding carboxylic acids is 2. The summed E-state index contributed by atoms with van der Waals surface area (Å²) in [6.07, 6.45) is 9.01. The molecule has 7 rings (SSSR count). The maximum atomic E-state index is 14.3. The number of nitrogens with one attached hydrogen (secondary N) is 1. The second-order valence-electron chi connectivity index (χ2n) is 17.5. The zero-order valence-electron chi connectivity index (χ0n) is 39.5. The predicted molar refractivity (Wildman–Crippen MR) is 254 cm³/mol. The molecule has 0 radical (unpaired) electrons. The summed E-state index contributed by atoms with van der Waals surface area (Å²) in [5, 5.41) is 27.6. The molecule has 7 atom stereocenters. The molecule has 16 nitrogen and oxygen atoms in total. The van der Waals surface area contributed by atoms with E-state index >= 15 is 0 Å². The first-order valence-corrected chi connectivity index (χ1v) is 23.8. The number of amides is 2. The van der Waals surface area contributed by atoms with Gasteiger partial charge in [-0.05, 0) is 91.8 Å². The van der Waals surface area contributed by atoms with E-state index in [4.69, 9.17) is 47.9 Å². The van der Waals surface area contributed by atoms with Crippen molar-refractivity contribution in [1.82, 2.24) is 4.90 Å². The predicted octanol–water partition coefficient (Wildman–Crippen LogP) is 8.76. The number of aliphatic hydroxyl groups excluding tert-OH is 2. The lowest BCUT2D eigenvalue weighted by Gasteiger charge is -2.59. The lowest BCUT2D eigenvalue weighted by atomic mass is 9.55. The van der Waals surface area contributed by atoms with E-state index in [2.05, 4.69) is 18.0 Å². The molecule has 2 heterocycles. The van der Waals surface area contributed by atoms with Crippen LogP contribution in [0.4, 0.5) is 15.3 Å². The van der Waals surface area contributed by atoms with Crippen molar-refractivity contribution in [3.63, 3.8) is 0 Å². The van der Waals surface area contributed by atoms with Crippen LogP contribution in [0.25, 0.3) is 0 Å². The molecule has 2 aliphatic heterocycles.